The van der Waals surface area contributed by atoms with Gasteiger partial charge < -0.3 is 19.3 Å². The van der Waals surface area contributed by atoms with Crippen LogP contribution in [0.5, 0.6) is 5.75 Å². The number of benzene rings is 1. The molecular formula is C19H26N2O4. The minimum absolute atomic E-state index is 0.0708. The molecular weight excluding hydrogens is 320 g/mol. The molecule has 0 saturated carbocycles. The van der Waals surface area contributed by atoms with Crippen molar-refractivity contribution in [2.75, 3.05) is 13.7 Å². The van der Waals surface area contributed by atoms with Crippen LogP contribution in [-0.4, -0.2) is 35.9 Å². The number of nitrogens with zero attached hydrogens (tertiary/aromatic N) is 1. The molecule has 1 fully saturated rings. The van der Waals surface area contributed by atoms with Crippen molar-refractivity contribution in [2.45, 2.75) is 51.7 Å². The fourth-order valence-electron chi connectivity index (χ4n) is 3.67. The van der Waals surface area contributed by atoms with Gasteiger partial charge in [0.25, 0.3) is 0 Å². The van der Waals surface area contributed by atoms with Crippen molar-refractivity contribution >= 4 is 16.9 Å². The lowest BCUT2D eigenvalue weighted by molar-refractivity contribution is -0.121. The molecule has 1 N–H and O–H groups in total. The standard InChI is InChI=1S/C19H26N2O4/c1-18(2)10-12(19(3,4)25-18)11-20-17(22)9-15-14-8-13(23-5)6-7-16(14)24-21-15/h6-8,12H,9-11H2,1-5H3,(H,20,22). The van der Waals surface area contributed by atoms with Crippen molar-refractivity contribution in [2.24, 2.45) is 5.92 Å². The van der Waals surface area contributed by atoms with Crippen LogP contribution in [0, 0.1) is 5.92 Å². The Morgan fingerprint density at radius 3 is 2.76 bits per heavy atom. The number of nitrogens with one attached hydrogen (secondary N) is 1. The van der Waals surface area contributed by atoms with E-state index in [0.29, 0.717) is 23.6 Å². The summed E-state index contributed by atoms with van der Waals surface area (Å²) in [6.45, 7) is 8.93. The highest BCUT2D eigenvalue weighted by Crippen LogP contribution is 2.41. The van der Waals surface area contributed by atoms with Crippen LogP contribution in [0.3, 0.4) is 0 Å². The van der Waals surface area contributed by atoms with E-state index in [1.54, 1.807) is 19.2 Å². The molecule has 3 rings (SSSR count). The number of methoxy groups -OCH3 is 1. The number of hydrogen-bond donors (Lipinski definition) is 1. The van der Waals surface area contributed by atoms with Crippen molar-refractivity contribution in [1.29, 1.82) is 0 Å². The maximum Gasteiger partial charge on any atom is 0.226 e. The third-order valence-electron chi connectivity index (χ3n) is 4.89. The van der Waals surface area contributed by atoms with Crippen molar-refractivity contribution in [3.8, 4) is 5.75 Å². The zero-order valence-corrected chi connectivity index (χ0v) is 15.5. The Kier molecular flexibility index (Phi) is 4.49. The number of carbonyl (C=O) groups excluding carboxylic acids is 1. The summed E-state index contributed by atoms with van der Waals surface area (Å²) in [7, 11) is 1.61. The van der Waals surface area contributed by atoms with E-state index in [-0.39, 0.29) is 29.4 Å². The summed E-state index contributed by atoms with van der Waals surface area (Å²) in [6.07, 6.45) is 1.10. The van der Waals surface area contributed by atoms with Gasteiger partial charge in [0.15, 0.2) is 5.58 Å². The van der Waals surface area contributed by atoms with Crippen LogP contribution >= 0.6 is 0 Å². The van der Waals surface area contributed by atoms with Crippen LogP contribution in [-0.2, 0) is 16.0 Å². The maximum absolute atomic E-state index is 12.4. The molecule has 6 nitrogen and oxygen atoms in total. The normalized spacial score (nSPS) is 21.4. The summed E-state index contributed by atoms with van der Waals surface area (Å²) >= 11 is 0. The Morgan fingerprint density at radius 2 is 2.12 bits per heavy atom. The molecule has 136 valence electrons. The van der Waals surface area contributed by atoms with E-state index in [1.807, 2.05) is 6.07 Å². The molecule has 1 aromatic heterocycles. The summed E-state index contributed by atoms with van der Waals surface area (Å²) in [5.41, 5.74) is 0.868. The first-order valence-electron chi connectivity index (χ1n) is 8.59. The number of hydrogen-bond acceptors (Lipinski definition) is 5. The van der Waals surface area contributed by atoms with Crippen molar-refractivity contribution in [3.63, 3.8) is 0 Å². The van der Waals surface area contributed by atoms with Gasteiger partial charge >= 0.3 is 0 Å². The minimum Gasteiger partial charge on any atom is -0.497 e. The molecule has 1 aliphatic rings. The molecule has 1 unspecified atom stereocenters. The molecule has 0 spiro atoms. The molecule has 25 heavy (non-hydrogen) atoms. The Bertz CT molecular complexity index is 779. The molecule has 1 aliphatic heterocycles. The second-order valence-corrected chi connectivity index (χ2v) is 7.84. The summed E-state index contributed by atoms with van der Waals surface area (Å²) in [6, 6.07) is 5.44. The largest absolute Gasteiger partial charge is 0.497 e. The van der Waals surface area contributed by atoms with E-state index in [1.165, 1.54) is 0 Å². The van der Waals surface area contributed by atoms with E-state index < -0.39 is 0 Å². The van der Waals surface area contributed by atoms with Gasteiger partial charge in [-0.3, -0.25) is 4.79 Å². The highest BCUT2D eigenvalue weighted by molar-refractivity contribution is 5.87. The summed E-state index contributed by atoms with van der Waals surface area (Å²) in [5, 5.41) is 7.85. The first-order chi connectivity index (χ1) is 11.7. The van der Waals surface area contributed by atoms with Crippen LogP contribution in [0.25, 0.3) is 11.0 Å². The second-order valence-electron chi connectivity index (χ2n) is 7.84. The van der Waals surface area contributed by atoms with Crippen LogP contribution in [0.1, 0.15) is 39.8 Å². The number of rotatable bonds is 5. The predicted molar refractivity (Wildman–Crippen MR) is 94.6 cm³/mol. The average molecular weight is 346 g/mol. The molecule has 2 heterocycles. The molecule has 2 aromatic rings. The van der Waals surface area contributed by atoms with E-state index >= 15 is 0 Å². The lowest BCUT2D eigenvalue weighted by Gasteiger charge is -2.27. The quantitative estimate of drug-likeness (QED) is 0.900. The molecule has 6 heteroatoms. The summed E-state index contributed by atoms with van der Waals surface area (Å²) in [5.74, 6) is 0.920. The Labute approximate surface area is 147 Å². The third-order valence-corrected chi connectivity index (χ3v) is 4.89. The molecule has 0 bridgehead atoms. The van der Waals surface area contributed by atoms with E-state index in [9.17, 15) is 4.79 Å². The molecule has 0 radical (unpaired) electrons. The lowest BCUT2D eigenvalue weighted by atomic mass is 9.87. The predicted octanol–water partition coefficient (Wildman–Crippen LogP) is 3.09. The number of aromatic nitrogens is 1. The van der Waals surface area contributed by atoms with Gasteiger partial charge in [0.05, 0.1) is 24.7 Å². The summed E-state index contributed by atoms with van der Waals surface area (Å²) < 4.78 is 16.6. The zero-order chi connectivity index (χ0) is 18.2. The Hall–Kier alpha value is -2.08. The van der Waals surface area contributed by atoms with Gasteiger partial charge in [-0.05, 0) is 52.3 Å². The maximum atomic E-state index is 12.4. The fourth-order valence-corrected chi connectivity index (χ4v) is 3.67. The molecule has 1 saturated heterocycles. The fraction of sp³-hybridized carbons (Fsp3) is 0.579. The zero-order valence-electron chi connectivity index (χ0n) is 15.5. The van der Waals surface area contributed by atoms with E-state index in [0.717, 1.165) is 11.8 Å². The first-order valence-corrected chi connectivity index (χ1v) is 8.59. The topological polar surface area (TPSA) is 73.6 Å². The van der Waals surface area contributed by atoms with Crippen molar-refractivity contribution in [3.05, 3.63) is 23.9 Å². The van der Waals surface area contributed by atoms with Gasteiger partial charge in [-0.25, -0.2) is 0 Å². The second kappa shape index (κ2) is 6.33. The monoisotopic (exact) mass is 346 g/mol. The van der Waals surface area contributed by atoms with Gasteiger partial charge in [0.1, 0.15) is 11.4 Å². The lowest BCUT2D eigenvalue weighted by Crippen LogP contribution is -2.38. The first kappa shape index (κ1) is 17.7. The third kappa shape index (κ3) is 3.79. The number of amides is 1. The number of carbonyl (C=O) groups is 1. The minimum atomic E-state index is -0.245. The van der Waals surface area contributed by atoms with Gasteiger partial charge in [-0.1, -0.05) is 5.16 Å². The molecule has 0 aliphatic carbocycles. The Morgan fingerprint density at radius 1 is 1.36 bits per heavy atom. The highest BCUT2D eigenvalue weighted by atomic mass is 16.5. The van der Waals surface area contributed by atoms with Crippen LogP contribution < -0.4 is 10.1 Å². The van der Waals surface area contributed by atoms with Crippen LogP contribution in [0.4, 0.5) is 0 Å². The van der Waals surface area contributed by atoms with Crippen molar-refractivity contribution < 1.29 is 18.8 Å². The average Bonchev–Trinajstić information content (AvgIpc) is 3.01. The van der Waals surface area contributed by atoms with Gasteiger partial charge in [0, 0.05) is 17.8 Å². The van der Waals surface area contributed by atoms with Crippen LogP contribution in [0.2, 0.25) is 0 Å². The van der Waals surface area contributed by atoms with Gasteiger partial charge in [-0.2, -0.15) is 0 Å². The Balaban J connectivity index is 1.64. The molecule has 1 atom stereocenters. The van der Waals surface area contributed by atoms with Gasteiger partial charge in [-0.15, -0.1) is 0 Å². The highest BCUT2D eigenvalue weighted by Gasteiger charge is 2.45. The van der Waals surface area contributed by atoms with Gasteiger partial charge in [0.2, 0.25) is 5.91 Å². The number of fused-ring (bicyclic) bond motifs is 1. The summed E-state index contributed by atoms with van der Waals surface area (Å²) in [4.78, 5) is 12.4. The van der Waals surface area contributed by atoms with Crippen molar-refractivity contribution in [1.82, 2.24) is 10.5 Å². The van der Waals surface area contributed by atoms with E-state index in [2.05, 4.69) is 38.2 Å². The SMILES string of the molecule is COc1ccc2onc(CC(=O)NCC3CC(C)(C)OC3(C)C)c2c1. The molecule has 1 aromatic carbocycles. The molecule has 1 amide bonds. The number of ether oxygens (including phenoxy) is 2. The smallest absolute Gasteiger partial charge is 0.226 e. The van der Waals surface area contributed by atoms with E-state index in [4.69, 9.17) is 14.0 Å². The van der Waals surface area contributed by atoms with Crippen LogP contribution in [0.15, 0.2) is 22.7 Å².